The molecule has 20 heavy (non-hydrogen) atoms. The molecule has 0 radical (unpaired) electrons. The molecule has 0 fully saturated rings. The van der Waals surface area contributed by atoms with Crippen LogP contribution in [0.15, 0.2) is 18.2 Å². The van der Waals surface area contributed by atoms with Gasteiger partial charge in [-0.3, -0.25) is 4.90 Å². The monoisotopic (exact) mass is 276 g/mol. The molecule has 1 heterocycles. The zero-order chi connectivity index (χ0) is 14.9. The van der Waals surface area contributed by atoms with Gasteiger partial charge in [-0.25, -0.2) is 4.79 Å². The van der Waals surface area contributed by atoms with Gasteiger partial charge in [-0.1, -0.05) is 18.2 Å². The quantitative estimate of drug-likeness (QED) is 0.832. The first-order valence-corrected chi connectivity index (χ1v) is 6.98. The van der Waals surface area contributed by atoms with E-state index in [-0.39, 0.29) is 6.09 Å². The van der Waals surface area contributed by atoms with E-state index in [0.717, 1.165) is 6.54 Å². The van der Waals surface area contributed by atoms with Crippen LogP contribution in [0.2, 0.25) is 0 Å². The van der Waals surface area contributed by atoms with Crippen molar-refractivity contribution in [1.29, 1.82) is 0 Å². The molecule has 0 spiro atoms. The Hall–Kier alpha value is -1.55. The Labute approximate surface area is 121 Å². The topological polar surface area (TPSA) is 32.8 Å². The molecule has 2 rings (SSSR count). The minimum absolute atomic E-state index is 0.233. The smallest absolute Gasteiger partial charge is 0.410 e. The summed E-state index contributed by atoms with van der Waals surface area (Å²) in [6, 6.07) is 6.45. The van der Waals surface area contributed by atoms with Gasteiger partial charge < -0.3 is 9.64 Å². The van der Waals surface area contributed by atoms with Crippen molar-refractivity contribution in [3.63, 3.8) is 0 Å². The van der Waals surface area contributed by atoms with Crippen LogP contribution in [-0.4, -0.2) is 35.6 Å². The van der Waals surface area contributed by atoms with Crippen LogP contribution >= 0.6 is 0 Å². The van der Waals surface area contributed by atoms with E-state index in [2.05, 4.69) is 37.2 Å². The average molecular weight is 276 g/mol. The predicted octanol–water partition coefficient (Wildman–Crippen LogP) is 3.00. The molecule has 0 atom stereocenters. The molecule has 0 saturated heterocycles. The van der Waals surface area contributed by atoms with Crippen LogP contribution in [0.25, 0.3) is 0 Å². The van der Waals surface area contributed by atoms with Gasteiger partial charge in [-0.05, 0) is 51.6 Å². The molecule has 0 N–H and O–H groups in total. The Morgan fingerprint density at radius 3 is 2.50 bits per heavy atom. The summed E-state index contributed by atoms with van der Waals surface area (Å²) in [6.45, 7) is 7.88. The minimum Gasteiger partial charge on any atom is -0.444 e. The largest absolute Gasteiger partial charge is 0.444 e. The third kappa shape index (κ3) is 3.73. The fourth-order valence-corrected chi connectivity index (χ4v) is 2.37. The van der Waals surface area contributed by atoms with Gasteiger partial charge in [-0.2, -0.15) is 0 Å². The van der Waals surface area contributed by atoms with Gasteiger partial charge in [0.1, 0.15) is 5.60 Å². The summed E-state index contributed by atoms with van der Waals surface area (Å²) in [5.41, 5.74) is 3.29. The lowest BCUT2D eigenvalue weighted by Crippen LogP contribution is -2.33. The number of carbonyl (C=O) groups excluding carboxylic acids is 1. The lowest BCUT2D eigenvalue weighted by atomic mass is 10.1. The summed E-state index contributed by atoms with van der Waals surface area (Å²) in [5, 5.41) is 0. The molecule has 0 unspecified atom stereocenters. The fraction of sp³-hybridized carbons (Fsp3) is 0.562. The zero-order valence-corrected chi connectivity index (χ0v) is 13.1. The van der Waals surface area contributed by atoms with E-state index >= 15 is 0 Å². The summed E-state index contributed by atoms with van der Waals surface area (Å²) < 4.78 is 5.43. The first kappa shape index (κ1) is 14.9. The third-order valence-corrected chi connectivity index (χ3v) is 3.14. The van der Waals surface area contributed by atoms with Crippen LogP contribution in [0.1, 0.15) is 37.5 Å². The van der Waals surface area contributed by atoms with Gasteiger partial charge in [-0.15, -0.1) is 0 Å². The van der Waals surface area contributed by atoms with Crippen LogP contribution in [0.5, 0.6) is 0 Å². The van der Waals surface area contributed by atoms with Gasteiger partial charge in [0.25, 0.3) is 0 Å². The van der Waals surface area contributed by atoms with E-state index in [1.54, 1.807) is 4.90 Å². The Bertz CT molecular complexity index is 504. The van der Waals surface area contributed by atoms with Crippen LogP contribution < -0.4 is 0 Å². The summed E-state index contributed by atoms with van der Waals surface area (Å²) in [4.78, 5) is 16.0. The summed E-state index contributed by atoms with van der Waals surface area (Å²) in [6.07, 6.45) is -0.233. The van der Waals surface area contributed by atoms with Crippen LogP contribution in [0.4, 0.5) is 4.79 Å². The van der Waals surface area contributed by atoms with Gasteiger partial charge in [0, 0.05) is 19.6 Å². The number of rotatable bonds is 2. The predicted molar refractivity (Wildman–Crippen MR) is 79.3 cm³/mol. The van der Waals surface area contributed by atoms with Crippen molar-refractivity contribution in [1.82, 2.24) is 9.80 Å². The maximum atomic E-state index is 12.1. The summed E-state index contributed by atoms with van der Waals surface area (Å²) >= 11 is 0. The third-order valence-electron chi connectivity index (χ3n) is 3.14. The van der Waals surface area contributed by atoms with Crippen molar-refractivity contribution in [2.24, 2.45) is 0 Å². The molecule has 0 aliphatic carbocycles. The van der Waals surface area contributed by atoms with Crippen molar-refractivity contribution in [3.8, 4) is 0 Å². The second-order valence-electron chi connectivity index (χ2n) is 6.68. The molecular formula is C16H24N2O2. The minimum atomic E-state index is -0.443. The van der Waals surface area contributed by atoms with E-state index in [1.807, 2.05) is 20.8 Å². The second kappa shape index (κ2) is 5.44. The van der Waals surface area contributed by atoms with Crippen molar-refractivity contribution < 1.29 is 9.53 Å². The summed E-state index contributed by atoms with van der Waals surface area (Å²) in [7, 11) is 4.11. The first-order chi connectivity index (χ1) is 9.24. The SMILES string of the molecule is CN(C)Cc1ccc2c(c1)CN(C(=O)OC(C)(C)C)C2. The number of amides is 1. The van der Waals surface area contributed by atoms with E-state index in [1.165, 1.54) is 16.7 Å². The molecule has 0 saturated carbocycles. The summed E-state index contributed by atoms with van der Waals surface area (Å²) in [5.74, 6) is 0. The number of benzene rings is 1. The second-order valence-corrected chi connectivity index (χ2v) is 6.68. The van der Waals surface area contributed by atoms with Gasteiger partial charge in [0.15, 0.2) is 0 Å². The normalized spacial score (nSPS) is 14.6. The van der Waals surface area contributed by atoms with E-state index in [4.69, 9.17) is 4.74 Å². The van der Waals surface area contributed by atoms with Gasteiger partial charge >= 0.3 is 6.09 Å². The highest BCUT2D eigenvalue weighted by molar-refractivity contribution is 5.69. The molecule has 110 valence electrons. The molecule has 1 aromatic carbocycles. The molecule has 4 heteroatoms. The lowest BCUT2D eigenvalue weighted by molar-refractivity contribution is 0.0242. The molecular weight excluding hydrogens is 252 g/mol. The maximum Gasteiger partial charge on any atom is 0.410 e. The Balaban J connectivity index is 2.05. The number of nitrogens with zero attached hydrogens (tertiary/aromatic N) is 2. The molecule has 4 nitrogen and oxygen atoms in total. The van der Waals surface area contributed by atoms with Crippen molar-refractivity contribution in [2.75, 3.05) is 14.1 Å². The van der Waals surface area contributed by atoms with Crippen LogP contribution in [0.3, 0.4) is 0 Å². The van der Waals surface area contributed by atoms with Gasteiger partial charge in [0.2, 0.25) is 0 Å². The van der Waals surface area contributed by atoms with Crippen LogP contribution in [-0.2, 0) is 24.4 Å². The van der Waals surface area contributed by atoms with E-state index in [0.29, 0.717) is 13.1 Å². The first-order valence-electron chi connectivity index (χ1n) is 6.98. The zero-order valence-electron chi connectivity index (χ0n) is 13.1. The molecule has 1 amide bonds. The molecule has 0 aromatic heterocycles. The van der Waals surface area contributed by atoms with E-state index < -0.39 is 5.60 Å². The van der Waals surface area contributed by atoms with Crippen molar-refractivity contribution in [2.45, 2.75) is 46.0 Å². The Kier molecular flexibility index (Phi) is 4.04. The van der Waals surface area contributed by atoms with Crippen LogP contribution in [0, 0.1) is 0 Å². The van der Waals surface area contributed by atoms with Crippen molar-refractivity contribution in [3.05, 3.63) is 34.9 Å². The molecule has 1 aromatic rings. The average Bonchev–Trinajstić information content (AvgIpc) is 2.68. The molecule has 1 aliphatic heterocycles. The highest BCUT2D eigenvalue weighted by Gasteiger charge is 2.27. The van der Waals surface area contributed by atoms with Gasteiger partial charge in [0.05, 0.1) is 0 Å². The van der Waals surface area contributed by atoms with Crippen molar-refractivity contribution >= 4 is 6.09 Å². The number of fused-ring (bicyclic) bond motifs is 1. The number of hydrogen-bond donors (Lipinski definition) is 0. The lowest BCUT2D eigenvalue weighted by Gasteiger charge is -2.24. The van der Waals surface area contributed by atoms with E-state index in [9.17, 15) is 4.79 Å². The standard InChI is InChI=1S/C16H24N2O2/c1-16(2,3)20-15(19)18-10-13-7-6-12(9-17(4)5)8-14(13)11-18/h6-8H,9-11H2,1-5H3. The highest BCUT2D eigenvalue weighted by Crippen LogP contribution is 2.25. The highest BCUT2D eigenvalue weighted by atomic mass is 16.6. The maximum absolute atomic E-state index is 12.1. The fourth-order valence-electron chi connectivity index (χ4n) is 2.37. The number of hydrogen-bond acceptors (Lipinski definition) is 3. The Morgan fingerprint density at radius 2 is 1.90 bits per heavy atom. The molecule has 0 bridgehead atoms. The Morgan fingerprint density at radius 1 is 1.25 bits per heavy atom. The molecule has 1 aliphatic rings. The number of carbonyl (C=O) groups is 1. The number of ether oxygens (including phenoxy) is 1.